The number of anilines is 1. The average molecular weight is 394 g/mol. The van der Waals surface area contributed by atoms with Gasteiger partial charge in [-0.05, 0) is 12.1 Å². The molecule has 2 aromatic heterocycles. The monoisotopic (exact) mass is 394 g/mol. The summed E-state index contributed by atoms with van der Waals surface area (Å²) in [6.45, 7) is 0.305. The summed E-state index contributed by atoms with van der Waals surface area (Å²) in [5.41, 5.74) is 1.63. The number of hydrogen-bond donors (Lipinski definition) is 2. The first-order valence-electron chi connectivity index (χ1n) is 8.19. The zero-order chi connectivity index (χ0) is 19.5. The fourth-order valence-corrected chi connectivity index (χ4v) is 3.26. The molecule has 10 nitrogen and oxygen atoms in total. The molecule has 0 fully saturated rings. The van der Waals surface area contributed by atoms with Crippen LogP contribution in [0.1, 0.15) is 5.82 Å². The molecule has 0 amide bonds. The molecule has 2 aromatic carbocycles. The van der Waals surface area contributed by atoms with Gasteiger partial charge in [0, 0.05) is 23.3 Å². The van der Waals surface area contributed by atoms with Crippen molar-refractivity contribution < 1.29 is 4.92 Å². The van der Waals surface area contributed by atoms with Crippen molar-refractivity contribution in [3.05, 3.63) is 70.5 Å². The molecule has 3 N–H and O–H groups in total. The quantitative estimate of drug-likeness (QED) is 0.289. The van der Waals surface area contributed by atoms with Gasteiger partial charge in [0.05, 0.1) is 11.5 Å². The van der Waals surface area contributed by atoms with E-state index in [4.69, 9.17) is 5.84 Å². The Morgan fingerprint density at radius 1 is 1.00 bits per heavy atom. The molecular formula is C17H14N8O2S. The van der Waals surface area contributed by atoms with Gasteiger partial charge < -0.3 is 11.2 Å². The van der Waals surface area contributed by atoms with Gasteiger partial charge >= 0.3 is 0 Å². The van der Waals surface area contributed by atoms with Crippen LogP contribution in [0.3, 0.4) is 0 Å². The van der Waals surface area contributed by atoms with Crippen LogP contribution in [-0.2, 0) is 6.54 Å². The Balaban J connectivity index is 1.47. The summed E-state index contributed by atoms with van der Waals surface area (Å²) in [5.74, 6) is 6.98. The van der Waals surface area contributed by atoms with E-state index < -0.39 is 4.92 Å². The number of rotatable bonds is 6. The maximum atomic E-state index is 10.8. The summed E-state index contributed by atoms with van der Waals surface area (Å²) in [6, 6.07) is 15.7. The maximum absolute atomic E-state index is 10.8. The highest BCUT2D eigenvalue weighted by molar-refractivity contribution is 7.18. The van der Waals surface area contributed by atoms with Gasteiger partial charge in [0.25, 0.3) is 5.69 Å². The van der Waals surface area contributed by atoms with Crippen LogP contribution in [0.15, 0.2) is 54.6 Å². The molecule has 4 aromatic rings. The van der Waals surface area contributed by atoms with E-state index in [1.54, 1.807) is 12.1 Å². The van der Waals surface area contributed by atoms with Crippen molar-refractivity contribution in [2.24, 2.45) is 0 Å². The zero-order valence-corrected chi connectivity index (χ0v) is 15.2. The Morgan fingerprint density at radius 3 is 2.46 bits per heavy atom. The fraction of sp³-hybridized carbons (Fsp3) is 0.0588. The predicted octanol–water partition coefficient (Wildman–Crippen LogP) is 2.70. The lowest BCUT2D eigenvalue weighted by atomic mass is 10.2. The Kier molecular flexibility index (Phi) is 4.64. The molecule has 0 unspecified atom stereocenters. The van der Waals surface area contributed by atoms with Crippen molar-refractivity contribution in [1.29, 1.82) is 0 Å². The van der Waals surface area contributed by atoms with Crippen molar-refractivity contribution in [3.8, 4) is 22.0 Å². The number of nitrogens with zero attached hydrogens (tertiary/aromatic N) is 6. The van der Waals surface area contributed by atoms with Crippen LogP contribution in [0.25, 0.3) is 22.0 Å². The summed E-state index contributed by atoms with van der Waals surface area (Å²) in [6.07, 6.45) is 0. The van der Waals surface area contributed by atoms with E-state index in [2.05, 4.69) is 25.7 Å². The second kappa shape index (κ2) is 7.40. The number of nitro benzene ring substituents is 1. The van der Waals surface area contributed by atoms with E-state index in [1.165, 1.54) is 28.1 Å². The van der Waals surface area contributed by atoms with Gasteiger partial charge in [-0.3, -0.25) is 10.1 Å². The second-order valence-corrected chi connectivity index (χ2v) is 6.72. The molecule has 0 saturated heterocycles. The van der Waals surface area contributed by atoms with Gasteiger partial charge in [-0.15, -0.1) is 20.4 Å². The first-order chi connectivity index (χ1) is 13.6. The molecule has 0 radical (unpaired) electrons. The predicted molar refractivity (Wildman–Crippen MR) is 105 cm³/mol. The van der Waals surface area contributed by atoms with Crippen LogP contribution >= 0.6 is 11.3 Å². The Bertz CT molecular complexity index is 1110. The molecule has 0 aliphatic carbocycles. The van der Waals surface area contributed by atoms with Crippen LogP contribution in [0, 0.1) is 10.1 Å². The SMILES string of the molecule is Nn1c(CNc2nnc(-c3ccccc3)s2)nnc1-c1ccc([N+](=O)[O-])cc1. The van der Waals surface area contributed by atoms with Crippen LogP contribution in [0.5, 0.6) is 0 Å². The van der Waals surface area contributed by atoms with Crippen LogP contribution < -0.4 is 11.2 Å². The van der Waals surface area contributed by atoms with Crippen molar-refractivity contribution in [2.75, 3.05) is 11.2 Å². The fourth-order valence-electron chi connectivity index (χ4n) is 2.52. The highest BCUT2D eigenvalue weighted by Gasteiger charge is 2.14. The van der Waals surface area contributed by atoms with E-state index in [0.29, 0.717) is 28.9 Å². The number of non-ortho nitro benzene ring substituents is 1. The van der Waals surface area contributed by atoms with Gasteiger partial charge in [0.15, 0.2) is 11.6 Å². The molecule has 0 spiro atoms. The molecule has 4 rings (SSSR count). The summed E-state index contributed by atoms with van der Waals surface area (Å²) in [5, 5.41) is 31.8. The lowest BCUT2D eigenvalue weighted by Gasteiger charge is -2.04. The normalized spacial score (nSPS) is 10.7. The Labute approximate surface area is 162 Å². The number of nitrogens with one attached hydrogen (secondary N) is 1. The third-order valence-corrected chi connectivity index (χ3v) is 4.88. The minimum atomic E-state index is -0.460. The smallest absolute Gasteiger partial charge is 0.269 e. The average Bonchev–Trinajstić information content (AvgIpc) is 3.34. The Hall–Kier alpha value is -3.86. The highest BCUT2D eigenvalue weighted by atomic mass is 32.1. The molecule has 28 heavy (non-hydrogen) atoms. The molecular weight excluding hydrogens is 380 g/mol. The highest BCUT2D eigenvalue weighted by Crippen LogP contribution is 2.26. The summed E-state index contributed by atoms with van der Waals surface area (Å²) in [4.78, 5) is 10.3. The lowest BCUT2D eigenvalue weighted by molar-refractivity contribution is -0.384. The summed E-state index contributed by atoms with van der Waals surface area (Å²) < 4.78 is 1.34. The minimum absolute atomic E-state index is 0.000725. The molecule has 2 heterocycles. The van der Waals surface area contributed by atoms with Crippen molar-refractivity contribution in [1.82, 2.24) is 25.1 Å². The largest absolute Gasteiger partial charge is 0.353 e. The summed E-state index contributed by atoms with van der Waals surface area (Å²) in [7, 11) is 0. The van der Waals surface area contributed by atoms with Gasteiger partial charge in [-0.25, -0.2) is 4.68 Å². The number of nitro groups is 1. The van der Waals surface area contributed by atoms with Gasteiger partial charge in [-0.2, -0.15) is 0 Å². The van der Waals surface area contributed by atoms with Gasteiger partial charge in [0.1, 0.15) is 5.01 Å². The molecule has 0 aliphatic rings. The van der Waals surface area contributed by atoms with Gasteiger partial charge in [0.2, 0.25) is 5.13 Å². The van der Waals surface area contributed by atoms with E-state index >= 15 is 0 Å². The third-order valence-electron chi connectivity index (χ3n) is 3.95. The number of nitrogen functional groups attached to an aromatic ring is 1. The summed E-state index contributed by atoms with van der Waals surface area (Å²) >= 11 is 1.42. The van der Waals surface area contributed by atoms with Gasteiger partial charge in [-0.1, -0.05) is 41.7 Å². The number of hydrogen-bond acceptors (Lipinski definition) is 9. The molecule has 11 heteroatoms. The zero-order valence-electron chi connectivity index (χ0n) is 14.4. The number of benzene rings is 2. The van der Waals surface area contributed by atoms with Crippen LogP contribution in [-0.4, -0.2) is 30.0 Å². The lowest BCUT2D eigenvalue weighted by Crippen LogP contribution is -2.16. The molecule has 0 bridgehead atoms. The first kappa shape index (κ1) is 17.5. The standard InChI is InChI=1S/C17H14N8O2S/c18-24-14(20-21-15(24)11-6-8-13(9-7-11)25(26)27)10-19-17-23-22-16(28-17)12-4-2-1-3-5-12/h1-9H,10,18H2,(H,19,23). The Morgan fingerprint density at radius 2 is 1.75 bits per heavy atom. The van der Waals surface area contributed by atoms with Crippen molar-refractivity contribution in [2.45, 2.75) is 6.54 Å². The second-order valence-electron chi connectivity index (χ2n) is 5.75. The van der Waals surface area contributed by atoms with Crippen LogP contribution in [0.2, 0.25) is 0 Å². The topological polar surface area (TPSA) is 138 Å². The number of nitrogens with two attached hydrogens (primary N) is 1. The van der Waals surface area contributed by atoms with E-state index in [1.807, 2.05) is 30.3 Å². The molecule has 0 saturated carbocycles. The van der Waals surface area contributed by atoms with Crippen LogP contribution in [0.4, 0.5) is 10.8 Å². The first-order valence-corrected chi connectivity index (χ1v) is 9.00. The van der Waals surface area contributed by atoms with E-state index in [-0.39, 0.29) is 5.69 Å². The van der Waals surface area contributed by atoms with E-state index in [0.717, 1.165) is 10.6 Å². The third kappa shape index (κ3) is 3.50. The maximum Gasteiger partial charge on any atom is 0.269 e. The molecule has 0 atom stereocenters. The number of aromatic nitrogens is 5. The molecule has 0 aliphatic heterocycles. The van der Waals surface area contributed by atoms with Crippen molar-refractivity contribution in [3.63, 3.8) is 0 Å². The minimum Gasteiger partial charge on any atom is -0.353 e. The van der Waals surface area contributed by atoms with Crippen molar-refractivity contribution >= 4 is 22.2 Å². The molecule has 140 valence electrons. The van der Waals surface area contributed by atoms with E-state index in [9.17, 15) is 10.1 Å².